The van der Waals surface area contributed by atoms with Crippen molar-refractivity contribution in [3.05, 3.63) is 82.6 Å². The molecule has 400 valence electrons. The Morgan fingerprint density at radius 3 is 2.07 bits per heavy atom. The molecule has 0 aliphatic carbocycles. The molecule has 0 saturated heterocycles. The minimum Gasteiger partial charge on any atom is -0.480 e. The number of carbonyl (C=O) groups excluding carboxylic acids is 6. The number of rotatable bonds is 25. The number of ketones is 1. The number of nitrogens with one attached hydrogen (secondary N) is 5. The van der Waals surface area contributed by atoms with Gasteiger partial charge in [0.25, 0.3) is 5.91 Å². The summed E-state index contributed by atoms with van der Waals surface area (Å²) in [5, 5.41) is 28.0. The molecule has 2 aliphatic heterocycles. The number of hydrogen-bond acceptors (Lipinski definition) is 14. The van der Waals surface area contributed by atoms with Crippen LogP contribution in [0.5, 0.6) is 0 Å². The van der Waals surface area contributed by atoms with Gasteiger partial charge in [0.05, 0.1) is 55.6 Å². The molecule has 73 heavy (non-hydrogen) atoms. The predicted octanol–water partition coefficient (Wildman–Crippen LogP) is 3.66. The van der Waals surface area contributed by atoms with E-state index in [1.54, 1.807) is 18.9 Å². The summed E-state index contributed by atoms with van der Waals surface area (Å²) in [5.41, 5.74) is 7.79. The summed E-state index contributed by atoms with van der Waals surface area (Å²) in [6.07, 6.45) is 2.07. The number of aryl methyl sites for hydroxylation is 2. The summed E-state index contributed by atoms with van der Waals surface area (Å²) in [4.78, 5) is 109. The molecule has 0 spiro atoms. The van der Waals surface area contributed by atoms with E-state index in [0.717, 1.165) is 23.4 Å². The summed E-state index contributed by atoms with van der Waals surface area (Å²) in [6, 6.07) is 5.78. The molecule has 3 atom stereocenters. The number of aliphatic carboxylic acids is 1. The van der Waals surface area contributed by atoms with Gasteiger partial charge in [0, 0.05) is 110 Å². The Kier molecular flexibility index (Phi) is 25.9. The normalized spacial score (nSPS) is 15.1. The quantitative estimate of drug-likeness (QED) is 0.0210. The van der Waals surface area contributed by atoms with Crippen LogP contribution in [0.3, 0.4) is 0 Å². The third kappa shape index (κ3) is 16.7. The number of aliphatic hydroxyl groups excluding tert-OH is 1. The van der Waals surface area contributed by atoms with Gasteiger partial charge in [-0.25, -0.2) is 0 Å². The van der Waals surface area contributed by atoms with Gasteiger partial charge in [-0.2, -0.15) is 0 Å². The molecule has 0 saturated carbocycles. The number of aromatic nitrogens is 4. The molecular weight excluding hydrogens is 1080 g/mol. The van der Waals surface area contributed by atoms with E-state index in [0.29, 0.717) is 108 Å². The van der Waals surface area contributed by atoms with E-state index in [-0.39, 0.29) is 128 Å². The van der Waals surface area contributed by atoms with Crippen LogP contribution in [-0.2, 0) is 41.6 Å². The zero-order valence-electron chi connectivity index (χ0n) is 43.4. The zero-order chi connectivity index (χ0) is 53.2. The molecule has 8 bridgehead atoms. The number of carboxylic acids is 1. The minimum atomic E-state index is -1.09. The third-order valence-corrected chi connectivity index (χ3v) is 13.5. The van der Waals surface area contributed by atoms with Gasteiger partial charge in [0.1, 0.15) is 6.79 Å². The summed E-state index contributed by atoms with van der Waals surface area (Å²) in [6.45, 7) is 21.5. The Hall–Kier alpha value is -5.03. The number of methoxy groups -OCH3 is 1. The molecule has 1 unspecified atom stereocenters. The van der Waals surface area contributed by atoms with Crippen LogP contribution in [0.2, 0.25) is 0 Å². The first kappa shape index (κ1) is 62.3. The fraction of sp³-hybridized carbons (Fsp3) is 0.519. The summed E-state index contributed by atoms with van der Waals surface area (Å²) in [7, 11) is 2.87. The Morgan fingerprint density at radius 2 is 1.47 bits per heavy atom. The Balaban J connectivity index is 0.00000463. The number of nitrogens with zero attached hydrogens (tertiary/aromatic N) is 5. The maximum absolute atomic E-state index is 14.6. The molecule has 3 amide bonds. The monoisotopic (exact) mass is 1160 g/mol. The molecule has 5 rings (SSSR count). The van der Waals surface area contributed by atoms with Crippen molar-refractivity contribution in [1.82, 2.24) is 50.6 Å². The van der Waals surface area contributed by atoms with Crippen molar-refractivity contribution in [2.45, 2.75) is 90.9 Å². The van der Waals surface area contributed by atoms with Gasteiger partial charge in [-0.15, -0.1) is 13.1 Å². The van der Waals surface area contributed by atoms with Gasteiger partial charge in [-0.05, 0) is 75.8 Å². The third-order valence-electron chi connectivity index (χ3n) is 13.5. The van der Waals surface area contributed by atoms with Crippen LogP contribution in [0.4, 0.5) is 0 Å². The van der Waals surface area contributed by atoms with Crippen molar-refractivity contribution in [3.8, 4) is 0 Å². The van der Waals surface area contributed by atoms with Crippen molar-refractivity contribution in [1.29, 1.82) is 0 Å². The molecule has 21 heteroatoms. The van der Waals surface area contributed by atoms with E-state index in [1.807, 2.05) is 50.7 Å². The number of esters is 1. The van der Waals surface area contributed by atoms with Crippen molar-refractivity contribution in [2.24, 2.45) is 0 Å². The Morgan fingerprint density at radius 1 is 0.849 bits per heavy atom. The minimum absolute atomic E-state index is 0. The number of hydrogen-bond donors (Lipinski definition) is 7. The number of ether oxygens (including phenoxy) is 1. The Bertz CT molecular complexity index is 2580. The average Bonchev–Trinajstić information content (AvgIpc) is 4.08. The number of H-pyrrole nitrogens is 2. The molecule has 7 N–H and O–H groups in total. The molecule has 0 fully saturated rings. The predicted molar refractivity (Wildman–Crippen MR) is 274 cm³/mol. The molecule has 3 aromatic heterocycles. The van der Waals surface area contributed by atoms with Crippen LogP contribution < -0.4 is 16.0 Å². The summed E-state index contributed by atoms with van der Waals surface area (Å²) >= 11 is 0. The largest absolute Gasteiger partial charge is 2.00 e. The van der Waals surface area contributed by atoms with Crippen molar-refractivity contribution >= 4 is 64.3 Å². The average molecular weight is 1160 g/mol. The van der Waals surface area contributed by atoms with Crippen LogP contribution in [0, 0.1) is 67.6 Å². The van der Waals surface area contributed by atoms with Gasteiger partial charge < -0.3 is 64.4 Å². The second kappa shape index (κ2) is 30.4. The van der Waals surface area contributed by atoms with E-state index in [1.165, 1.54) is 12.0 Å². The number of carboxylic acid groups (broad SMARTS) is 1. The first-order valence-electron chi connectivity index (χ1n) is 24.4. The van der Waals surface area contributed by atoms with Crippen LogP contribution in [0.15, 0.2) is 18.2 Å². The second-order valence-corrected chi connectivity index (χ2v) is 18.1. The van der Waals surface area contributed by atoms with Crippen molar-refractivity contribution in [2.75, 3.05) is 86.3 Å². The number of aliphatic hydroxyl groups is 1. The standard InChI is InChI=1S/C51H72N10O9.CH2O.Gd/c1-10-34-22-35-23-42-47(33(7)63)31(5)39(56-42)25-38-30(4)36(14-15-43(64)52-8)49(57-38)37(24-46(68)70-9)50-48(32(6)40(58-50)26-41(34)55-35)51(69)54-17-13-16-53-44(65)27-61(28-45(66)67)21-20-60(29-62)19-18-59(11-2)12-3;1-2;/h23,25-26,30,34,36,56,58,62H,2-3,10-22,24,27-29H2,1,4-9H3,(H,52,64)(H,53,65)(H,54,69)(H,66,67);1H2;/q-2;;+2/t30?,34-,36+;;/m1../s1. The maximum atomic E-state index is 14.6. The van der Waals surface area contributed by atoms with E-state index >= 15 is 0 Å². The Labute approximate surface area is 460 Å². The van der Waals surface area contributed by atoms with Crippen LogP contribution in [0.1, 0.15) is 124 Å². The van der Waals surface area contributed by atoms with E-state index in [2.05, 4.69) is 46.7 Å². The fourth-order valence-electron chi connectivity index (χ4n) is 9.30. The number of carbonyl (C=O) groups is 7. The molecule has 0 aromatic carbocycles. The van der Waals surface area contributed by atoms with Gasteiger partial charge in [0.2, 0.25) is 11.8 Å². The summed E-state index contributed by atoms with van der Waals surface area (Å²) in [5.74, 6) is -3.29. The van der Waals surface area contributed by atoms with Crippen LogP contribution in [0.25, 0.3) is 22.1 Å². The SMILES string of the molecule is C=O.[CH2-]CN(C[CH2-])CCN(CO)CCN(CC(=O)O)CC(=O)NCCCNC(=O)c1c(C)c2cc3nc(cc4[nH]c(cc5nc(c(CC(=O)OC)c1[nH]2)[C@@H](CCC(=O)NC)C5C)c(C)c4C(C)=O)C[C@H]3CC.[Gd+2]. The second-order valence-electron chi connectivity index (χ2n) is 18.1. The van der Waals surface area contributed by atoms with Gasteiger partial charge in [0.15, 0.2) is 5.78 Å². The topological polar surface area (TPSA) is 272 Å². The molecular formula is C52H74GdN10O10. The molecule has 3 aromatic rings. The molecule has 2 aliphatic rings. The zero-order valence-corrected chi connectivity index (χ0v) is 45.6. The fourth-order valence-corrected chi connectivity index (χ4v) is 9.30. The number of amides is 3. The molecule has 20 nitrogen and oxygen atoms in total. The van der Waals surface area contributed by atoms with E-state index in [4.69, 9.17) is 19.5 Å². The number of Topliss-reactive ketones (excluding diaryl/α,β-unsaturated/α-hetero) is 1. The van der Waals surface area contributed by atoms with Crippen molar-refractivity contribution < 1.29 is 88.5 Å². The molecule has 5 heterocycles. The molecule has 0 radical (unpaired) electrons. The van der Waals surface area contributed by atoms with Gasteiger partial charge in [-0.3, -0.25) is 48.5 Å². The smallest absolute Gasteiger partial charge is 0.480 e. The first-order chi connectivity index (χ1) is 34.5. The van der Waals surface area contributed by atoms with E-state index in [9.17, 15) is 39.0 Å². The van der Waals surface area contributed by atoms with Gasteiger partial charge >= 0.3 is 51.9 Å². The van der Waals surface area contributed by atoms with Gasteiger partial charge in [-0.1, -0.05) is 13.8 Å². The van der Waals surface area contributed by atoms with Crippen LogP contribution in [-0.4, -0.2) is 173 Å². The number of fused-ring (bicyclic) bond motifs is 8. The van der Waals surface area contributed by atoms with E-state index < -0.39 is 17.8 Å². The summed E-state index contributed by atoms with van der Waals surface area (Å²) < 4.78 is 5.24. The number of aromatic amines is 2. The first-order valence-corrected chi connectivity index (χ1v) is 24.4. The maximum Gasteiger partial charge on any atom is 2.00 e. The van der Waals surface area contributed by atoms with Crippen molar-refractivity contribution in [3.63, 3.8) is 0 Å². The van der Waals surface area contributed by atoms with Crippen LogP contribution >= 0.6 is 0 Å².